The third-order valence-corrected chi connectivity index (χ3v) is 13.9. The molecule has 0 unspecified atom stereocenters. The smallest absolute Gasteiger partial charge is 0.335 e. The molecule has 0 aliphatic heterocycles. The van der Waals surface area contributed by atoms with Crippen LogP contribution in [0.4, 0.5) is 10.7 Å². The summed E-state index contributed by atoms with van der Waals surface area (Å²) in [5, 5.41) is 28.2. The molecule has 0 radical (unpaired) electrons. The van der Waals surface area contributed by atoms with Crippen molar-refractivity contribution in [1.29, 1.82) is 0 Å². The molecule has 15 nitrogen and oxygen atoms in total. The first kappa shape index (κ1) is 43.0. The highest BCUT2D eigenvalue weighted by molar-refractivity contribution is 7.89. The normalized spacial score (nSPS) is 16.4. The van der Waals surface area contributed by atoms with Gasteiger partial charge in [-0.1, -0.05) is 35.4 Å². The van der Waals surface area contributed by atoms with Crippen molar-refractivity contribution in [3.05, 3.63) is 121 Å². The maximum absolute atomic E-state index is 14.2. The standard InChI is InChI=1S/C42H46N6O9S2/c43-47-44-26-57-24-23-48(33-21-17-30(18-22-33)42(53)54)59(55,56)34-8-4-7-31(25-34)38(49)46-40-37(35-9-1-2-10-36(35)58-40)39(50)45-32-19-13-28(14-20-32)6-3-5-27-11-15-29(16-12-27)41(51)52/h4,7-8,11-16,19-20,25,30,33H,1-3,5-6,9-10,17-18,21-24,26H2,(H,45,50)(H,46,49)(H,51,52)(H,53,54)/t30-,33-. The molecule has 1 aromatic heterocycles. The molecule has 3 aromatic carbocycles. The number of carboxylic acid groups (broad SMARTS) is 2. The Labute approximate surface area is 346 Å². The first-order valence-corrected chi connectivity index (χ1v) is 21.8. The quantitative estimate of drug-likeness (QED) is 0.0330. The van der Waals surface area contributed by atoms with Gasteiger partial charge in [-0.2, -0.15) is 4.31 Å². The number of ether oxygens (including phenoxy) is 1. The molecule has 17 heteroatoms. The van der Waals surface area contributed by atoms with Crippen LogP contribution in [-0.2, 0) is 45.2 Å². The van der Waals surface area contributed by atoms with Crippen molar-refractivity contribution in [2.45, 2.75) is 81.6 Å². The predicted molar refractivity (Wildman–Crippen MR) is 222 cm³/mol. The van der Waals surface area contributed by atoms with Gasteiger partial charge >= 0.3 is 11.9 Å². The molecule has 0 saturated heterocycles. The number of hydrogen-bond donors (Lipinski definition) is 4. The molecule has 310 valence electrons. The predicted octanol–water partition coefficient (Wildman–Crippen LogP) is 7.92. The van der Waals surface area contributed by atoms with Crippen LogP contribution in [0.3, 0.4) is 0 Å². The van der Waals surface area contributed by atoms with Gasteiger partial charge in [-0.25, -0.2) is 13.2 Å². The van der Waals surface area contributed by atoms with Crippen LogP contribution in [0.1, 0.15) is 97.6 Å². The summed E-state index contributed by atoms with van der Waals surface area (Å²) in [5.41, 5.74) is 12.9. The summed E-state index contributed by atoms with van der Waals surface area (Å²) in [7, 11) is -4.20. The van der Waals surface area contributed by atoms with Gasteiger partial charge in [-0.05, 0) is 135 Å². The molecule has 2 amide bonds. The number of thiophene rings is 1. The van der Waals surface area contributed by atoms with E-state index in [1.54, 1.807) is 12.1 Å². The molecule has 0 bridgehead atoms. The molecular weight excluding hydrogens is 797 g/mol. The summed E-state index contributed by atoms with van der Waals surface area (Å²) >= 11 is 1.35. The summed E-state index contributed by atoms with van der Waals surface area (Å²) in [4.78, 5) is 54.0. The Bertz CT molecular complexity index is 2320. The summed E-state index contributed by atoms with van der Waals surface area (Å²) < 4.78 is 35.0. The third-order valence-electron chi connectivity index (χ3n) is 10.8. The Balaban J connectivity index is 1.14. The summed E-state index contributed by atoms with van der Waals surface area (Å²) in [6.07, 6.45) is 7.07. The Hall–Kier alpha value is -5.58. The Morgan fingerprint density at radius 1 is 0.864 bits per heavy atom. The molecule has 4 aromatic rings. The van der Waals surface area contributed by atoms with Crippen LogP contribution >= 0.6 is 11.3 Å². The van der Waals surface area contributed by atoms with Crippen LogP contribution in [0.15, 0.2) is 82.8 Å². The number of azide groups is 1. The molecule has 0 atom stereocenters. The second-order valence-electron chi connectivity index (χ2n) is 14.6. The lowest BCUT2D eigenvalue weighted by atomic mass is 9.86. The molecule has 1 heterocycles. The second kappa shape index (κ2) is 19.9. The minimum atomic E-state index is -4.20. The van der Waals surface area contributed by atoms with Gasteiger partial charge in [0.05, 0.1) is 28.5 Å². The third kappa shape index (κ3) is 10.9. The summed E-state index contributed by atoms with van der Waals surface area (Å²) in [6, 6.07) is 19.6. The second-order valence-corrected chi connectivity index (χ2v) is 17.6. The first-order valence-electron chi connectivity index (χ1n) is 19.6. The van der Waals surface area contributed by atoms with Gasteiger partial charge < -0.3 is 25.6 Å². The van der Waals surface area contributed by atoms with Gasteiger partial charge in [0.25, 0.3) is 11.8 Å². The van der Waals surface area contributed by atoms with E-state index < -0.39 is 39.8 Å². The highest BCUT2D eigenvalue weighted by Gasteiger charge is 2.36. The van der Waals surface area contributed by atoms with E-state index in [-0.39, 0.29) is 41.8 Å². The van der Waals surface area contributed by atoms with E-state index in [9.17, 15) is 32.7 Å². The molecule has 0 spiro atoms. The molecule has 4 N–H and O–H groups in total. The fourth-order valence-corrected chi connectivity index (χ4v) is 10.7. The van der Waals surface area contributed by atoms with Crippen molar-refractivity contribution < 1.29 is 42.5 Å². The molecule has 1 fully saturated rings. The highest BCUT2D eigenvalue weighted by Crippen LogP contribution is 2.39. The first-order chi connectivity index (χ1) is 28.4. The topological polar surface area (TPSA) is 228 Å². The van der Waals surface area contributed by atoms with Crippen molar-refractivity contribution in [3.8, 4) is 0 Å². The van der Waals surface area contributed by atoms with Crippen LogP contribution in [0.25, 0.3) is 10.4 Å². The number of nitrogens with one attached hydrogen (secondary N) is 2. The average Bonchev–Trinajstić information content (AvgIpc) is 3.61. The maximum atomic E-state index is 14.2. The van der Waals surface area contributed by atoms with E-state index in [4.69, 9.17) is 15.4 Å². The number of sulfonamides is 1. The van der Waals surface area contributed by atoms with Crippen LogP contribution in [-0.4, -0.2) is 72.6 Å². The van der Waals surface area contributed by atoms with Crippen LogP contribution in [0.5, 0.6) is 0 Å². The van der Waals surface area contributed by atoms with E-state index in [2.05, 4.69) is 20.7 Å². The molecular formula is C42H46N6O9S2. The van der Waals surface area contributed by atoms with E-state index in [1.807, 2.05) is 36.4 Å². The van der Waals surface area contributed by atoms with Crippen molar-refractivity contribution in [1.82, 2.24) is 4.31 Å². The Morgan fingerprint density at radius 2 is 1.54 bits per heavy atom. The number of aryl methyl sites for hydroxylation is 3. The van der Waals surface area contributed by atoms with Gasteiger partial charge in [-0.15, -0.1) is 11.3 Å². The lowest BCUT2D eigenvalue weighted by molar-refractivity contribution is -0.143. The number of fused-ring (bicyclic) bond motifs is 1. The SMILES string of the molecule is [N-]=[N+]=NCOCCN([C@H]1CC[C@H](C(=O)O)CC1)S(=O)(=O)c1cccc(C(=O)Nc2sc3c(c2C(=O)Nc2ccc(CCCc4ccc(C(=O)O)cc4)cc2)CCCC3)c1. The van der Waals surface area contributed by atoms with E-state index in [0.717, 1.165) is 60.1 Å². The largest absolute Gasteiger partial charge is 0.481 e. The van der Waals surface area contributed by atoms with Crippen molar-refractivity contribution in [3.63, 3.8) is 0 Å². The van der Waals surface area contributed by atoms with E-state index in [1.165, 1.54) is 39.9 Å². The van der Waals surface area contributed by atoms with Crippen molar-refractivity contribution >= 4 is 55.8 Å². The molecule has 2 aliphatic rings. The minimum absolute atomic E-state index is 0.0660. The number of amides is 2. The zero-order valence-electron chi connectivity index (χ0n) is 32.3. The number of carbonyl (C=O) groups is 4. The lowest BCUT2D eigenvalue weighted by Gasteiger charge is -2.35. The monoisotopic (exact) mass is 842 g/mol. The highest BCUT2D eigenvalue weighted by atomic mass is 32.2. The van der Waals surface area contributed by atoms with Gasteiger partial charge in [0.15, 0.2) is 0 Å². The zero-order chi connectivity index (χ0) is 41.9. The molecule has 1 saturated carbocycles. The van der Waals surface area contributed by atoms with Gasteiger partial charge in [-0.3, -0.25) is 14.4 Å². The zero-order valence-corrected chi connectivity index (χ0v) is 34.0. The number of carboxylic acids is 2. The summed E-state index contributed by atoms with van der Waals surface area (Å²) in [6.45, 7) is -0.415. The minimum Gasteiger partial charge on any atom is -0.481 e. The van der Waals surface area contributed by atoms with Gasteiger partial charge in [0, 0.05) is 33.6 Å². The Kier molecular flexibility index (Phi) is 14.5. The number of rotatable bonds is 18. The number of aliphatic carboxylic acids is 1. The van der Waals surface area contributed by atoms with Crippen LogP contribution in [0, 0.1) is 5.92 Å². The number of hydrogen-bond acceptors (Lipinski definition) is 9. The number of anilines is 2. The maximum Gasteiger partial charge on any atom is 0.335 e. The van der Waals surface area contributed by atoms with Gasteiger partial charge in [0.2, 0.25) is 10.0 Å². The number of carbonyl (C=O) groups excluding carboxylic acids is 2. The fraction of sp³-hybridized carbons (Fsp3) is 0.381. The number of nitrogens with zero attached hydrogens (tertiary/aromatic N) is 4. The Morgan fingerprint density at radius 3 is 2.20 bits per heavy atom. The summed E-state index contributed by atoms with van der Waals surface area (Å²) in [5.74, 6) is -3.36. The molecule has 59 heavy (non-hydrogen) atoms. The van der Waals surface area contributed by atoms with E-state index >= 15 is 0 Å². The van der Waals surface area contributed by atoms with Gasteiger partial charge in [0.1, 0.15) is 11.7 Å². The molecule has 2 aliphatic carbocycles. The van der Waals surface area contributed by atoms with Crippen LogP contribution in [0.2, 0.25) is 0 Å². The molecule has 6 rings (SSSR count). The number of aromatic carboxylic acids is 1. The van der Waals surface area contributed by atoms with Crippen LogP contribution < -0.4 is 10.6 Å². The number of benzene rings is 3. The van der Waals surface area contributed by atoms with Crippen molar-refractivity contribution in [2.24, 2.45) is 11.0 Å². The average molecular weight is 843 g/mol. The fourth-order valence-electron chi connectivity index (χ4n) is 7.66. The van der Waals surface area contributed by atoms with Crippen molar-refractivity contribution in [2.75, 3.05) is 30.5 Å². The lowest BCUT2D eigenvalue weighted by Crippen LogP contribution is -2.44. The van der Waals surface area contributed by atoms with E-state index in [0.29, 0.717) is 48.4 Å².